The van der Waals surface area contributed by atoms with E-state index in [2.05, 4.69) is 4.90 Å². The molecule has 2 aliphatic rings. The first-order valence-electron chi connectivity index (χ1n) is 6.52. The molecular formula is C14H19NO4. The largest absolute Gasteiger partial charge is 0.486 e. The molecule has 1 fully saturated rings. The minimum atomic E-state index is -0.123. The van der Waals surface area contributed by atoms with Gasteiger partial charge in [-0.2, -0.15) is 0 Å². The summed E-state index contributed by atoms with van der Waals surface area (Å²) >= 11 is 0. The Bertz CT molecular complexity index is 453. The molecule has 1 N–H and O–H groups in total. The van der Waals surface area contributed by atoms with E-state index >= 15 is 0 Å². The van der Waals surface area contributed by atoms with Crippen LogP contribution in [0.25, 0.3) is 0 Å². The van der Waals surface area contributed by atoms with Crippen molar-refractivity contribution >= 4 is 5.69 Å². The van der Waals surface area contributed by atoms with Gasteiger partial charge in [-0.25, -0.2) is 0 Å². The molecule has 3 rings (SSSR count). The number of ether oxygens (including phenoxy) is 3. The van der Waals surface area contributed by atoms with Gasteiger partial charge in [0.1, 0.15) is 13.2 Å². The molecule has 0 spiro atoms. The average molecular weight is 265 g/mol. The Balaban J connectivity index is 1.74. The van der Waals surface area contributed by atoms with Crippen LogP contribution in [0.5, 0.6) is 11.5 Å². The summed E-state index contributed by atoms with van der Waals surface area (Å²) in [7, 11) is 2.02. The Morgan fingerprint density at radius 2 is 1.95 bits per heavy atom. The average Bonchev–Trinajstić information content (AvgIpc) is 2.42. The summed E-state index contributed by atoms with van der Waals surface area (Å²) in [5.41, 5.74) is 0.936. The molecule has 5 nitrogen and oxygen atoms in total. The van der Waals surface area contributed by atoms with Gasteiger partial charge in [0.25, 0.3) is 0 Å². The van der Waals surface area contributed by atoms with Crippen molar-refractivity contribution in [3.8, 4) is 11.5 Å². The van der Waals surface area contributed by atoms with Crippen LogP contribution in [0, 0.1) is 5.41 Å². The van der Waals surface area contributed by atoms with Crippen LogP contribution in [0.1, 0.15) is 0 Å². The van der Waals surface area contributed by atoms with E-state index in [0.29, 0.717) is 26.4 Å². The monoisotopic (exact) mass is 265 g/mol. The molecule has 0 unspecified atom stereocenters. The second-order valence-electron chi connectivity index (χ2n) is 5.33. The van der Waals surface area contributed by atoms with Crippen LogP contribution in [0.2, 0.25) is 0 Å². The van der Waals surface area contributed by atoms with Gasteiger partial charge in [0.05, 0.1) is 25.2 Å². The molecule has 1 saturated heterocycles. The van der Waals surface area contributed by atoms with E-state index in [1.165, 1.54) is 0 Å². The molecule has 0 bridgehead atoms. The van der Waals surface area contributed by atoms with Gasteiger partial charge in [-0.15, -0.1) is 0 Å². The highest BCUT2D eigenvalue weighted by Gasteiger charge is 2.39. The Kier molecular flexibility index (Phi) is 3.24. The van der Waals surface area contributed by atoms with Crippen LogP contribution < -0.4 is 14.4 Å². The maximum absolute atomic E-state index is 9.47. The van der Waals surface area contributed by atoms with E-state index in [0.717, 1.165) is 23.7 Å². The Hall–Kier alpha value is -1.46. The van der Waals surface area contributed by atoms with E-state index < -0.39 is 0 Å². The number of rotatable bonds is 4. The maximum Gasteiger partial charge on any atom is 0.163 e. The lowest BCUT2D eigenvalue weighted by molar-refractivity contribution is -0.130. The van der Waals surface area contributed by atoms with Crippen LogP contribution in [0.15, 0.2) is 18.2 Å². The molecule has 2 heterocycles. The summed E-state index contributed by atoms with van der Waals surface area (Å²) < 4.78 is 16.3. The predicted octanol–water partition coefficient (Wildman–Crippen LogP) is 0.903. The molecule has 2 aliphatic heterocycles. The van der Waals surface area contributed by atoms with Gasteiger partial charge in [0, 0.05) is 25.3 Å². The van der Waals surface area contributed by atoms with Crippen LogP contribution >= 0.6 is 0 Å². The number of aliphatic hydroxyl groups excluding tert-OH is 1. The molecule has 0 atom stereocenters. The van der Waals surface area contributed by atoms with E-state index in [4.69, 9.17) is 14.2 Å². The van der Waals surface area contributed by atoms with E-state index in [-0.39, 0.29) is 12.0 Å². The first-order chi connectivity index (χ1) is 9.22. The number of hydrogen-bond acceptors (Lipinski definition) is 5. The third-order valence-electron chi connectivity index (χ3n) is 3.69. The van der Waals surface area contributed by atoms with Crippen molar-refractivity contribution in [1.29, 1.82) is 0 Å². The number of benzene rings is 1. The van der Waals surface area contributed by atoms with Crippen LogP contribution in [-0.2, 0) is 4.74 Å². The standard InChI is InChI=1S/C14H19NO4/c1-15(7-14(8-16)9-17-10-14)11-2-3-12-13(6-11)19-5-4-18-12/h2-3,6,16H,4-5,7-10H2,1H3. The molecule has 0 aromatic heterocycles. The van der Waals surface area contributed by atoms with Crippen molar-refractivity contribution < 1.29 is 19.3 Å². The van der Waals surface area contributed by atoms with E-state index in [1.54, 1.807) is 0 Å². The lowest BCUT2D eigenvalue weighted by Gasteiger charge is -2.43. The smallest absolute Gasteiger partial charge is 0.163 e. The Labute approximate surface area is 112 Å². The van der Waals surface area contributed by atoms with Crippen molar-refractivity contribution in [3.63, 3.8) is 0 Å². The highest BCUT2D eigenvalue weighted by Crippen LogP contribution is 2.35. The summed E-state index contributed by atoms with van der Waals surface area (Å²) in [4.78, 5) is 2.12. The number of nitrogens with zero attached hydrogens (tertiary/aromatic N) is 1. The summed E-state index contributed by atoms with van der Waals surface area (Å²) in [6.07, 6.45) is 0. The van der Waals surface area contributed by atoms with E-state index in [9.17, 15) is 5.11 Å². The van der Waals surface area contributed by atoms with Gasteiger partial charge < -0.3 is 24.2 Å². The Morgan fingerprint density at radius 1 is 1.21 bits per heavy atom. The van der Waals surface area contributed by atoms with Gasteiger partial charge in [-0.05, 0) is 12.1 Å². The fourth-order valence-corrected chi connectivity index (χ4v) is 2.49. The minimum absolute atomic E-state index is 0.123. The molecule has 19 heavy (non-hydrogen) atoms. The van der Waals surface area contributed by atoms with Crippen LogP contribution in [0.4, 0.5) is 5.69 Å². The molecule has 0 amide bonds. The second kappa shape index (κ2) is 4.90. The second-order valence-corrected chi connectivity index (χ2v) is 5.33. The summed E-state index contributed by atoms with van der Waals surface area (Å²) in [5.74, 6) is 1.59. The molecule has 104 valence electrons. The fraction of sp³-hybridized carbons (Fsp3) is 0.571. The van der Waals surface area contributed by atoms with Gasteiger partial charge >= 0.3 is 0 Å². The minimum Gasteiger partial charge on any atom is -0.486 e. The quantitative estimate of drug-likeness (QED) is 0.876. The number of hydrogen-bond donors (Lipinski definition) is 1. The Morgan fingerprint density at radius 3 is 2.58 bits per heavy atom. The van der Waals surface area contributed by atoms with Crippen molar-refractivity contribution in [2.75, 3.05) is 51.5 Å². The molecular weight excluding hydrogens is 246 g/mol. The fourth-order valence-electron chi connectivity index (χ4n) is 2.49. The first kappa shape index (κ1) is 12.6. The highest BCUT2D eigenvalue weighted by molar-refractivity contribution is 5.56. The SMILES string of the molecule is CN(CC1(CO)COC1)c1ccc2c(c1)OCCO2. The molecule has 0 saturated carbocycles. The third kappa shape index (κ3) is 2.35. The highest BCUT2D eigenvalue weighted by atomic mass is 16.6. The molecule has 0 aliphatic carbocycles. The molecule has 5 heteroatoms. The van der Waals surface area contributed by atoms with E-state index in [1.807, 2.05) is 25.2 Å². The normalized spacial score (nSPS) is 19.7. The zero-order valence-electron chi connectivity index (χ0n) is 11.1. The van der Waals surface area contributed by atoms with Gasteiger partial charge in [0.2, 0.25) is 0 Å². The first-order valence-corrected chi connectivity index (χ1v) is 6.52. The van der Waals surface area contributed by atoms with Crippen LogP contribution in [-0.4, -0.2) is 51.7 Å². The van der Waals surface area contributed by atoms with Gasteiger partial charge in [-0.1, -0.05) is 0 Å². The van der Waals surface area contributed by atoms with Crippen molar-refractivity contribution in [1.82, 2.24) is 0 Å². The third-order valence-corrected chi connectivity index (χ3v) is 3.69. The lowest BCUT2D eigenvalue weighted by atomic mass is 9.86. The maximum atomic E-state index is 9.47. The zero-order valence-corrected chi connectivity index (χ0v) is 11.1. The van der Waals surface area contributed by atoms with Crippen molar-refractivity contribution in [3.05, 3.63) is 18.2 Å². The van der Waals surface area contributed by atoms with Crippen molar-refractivity contribution in [2.45, 2.75) is 0 Å². The van der Waals surface area contributed by atoms with Crippen molar-refractivity contribution in [2.24, 2.45) is 5.41 Å². The lowest BCUT2D eigenvalue weighted by Crippen LogP contribution is -2.52. The molecule has 0 radical (unpaired) electrons. The zero-order chi connectivity index (χ0) is 13.3. The number of aliphatic hydroxyl groups is 1. The van der Waals surface area contributed by atoms with Gasteiger partial charge in [-0.3, -0.25) is 0 Å². The summed E-state index contributed by atoms with van der Waals surface area (Å²) in [5, 5.41) is 9.47. The molecule has 1 aromatic rings. The van der Waals surface area contributed by atoms with Crippen LogP contribution in [0.3, 0.4) is 0 Å². The van der Waals surface area contributed by atoms with Gasteiger partial charge in [0.15, 0.2) is 11.5 Å². The number of anilines is 1. The number of fused-ring (bicyclic) bond motifs is 1. The predicted molar refractivity (Wildman–Crippen MR) is 71.0 cm³/mol. The summed E-state index contributed by atoms with van der Waals surface area (Å²) in [6.45, 7) is 3.36. The molecule has 1 aromatic carbocycles. The summed E-state index contributed by atoms with van der Waals surface area (Å²) in [6, 6.07) is 5.93. The topological polar surface area (TPSA) is 51.2 Å².